The van der Waals surface area contributed by atoms with Crippen LogP contribution in [-0.2, 0) is 0 Å². The van der Waals surface area contributed by atoms with Gasteiger partial charge in [-0.05, 0) is 42.8 Å². The molecule has 1 amide bonds. The largest absolute Gasteiger partial charge is 0.375 e. The number of hydrogen-bond acceptors (Lipinski definition) is 3. The Hall–Kier alpha value is -2.36. The minimum absolute atomic E-state index is 0.143. The van der Waals surface area contributed by atoms with Crippen LogP contribution >= 0.6 is 0 Å². The van der Waals surface area contributed by atoms with E-state index in [0.29, 0.717) is 5.56 Å². The molecule has 0 unspecified atom stereocenters. The van der Waals surface area contributed by atoms with E-state index in [1.807, 2.05) is 24.3 Å². The summed E-state index contributed by atoms with van der Waals surface area (Å²) in [4.78, 5) is 18.2. The number of nitrogens with zero attached hydrogens (tertiary/aromatic N) is 2. The normalized spacial score (nSPS) is 10.2. The zero-order valence-corrected chi connectivity index (χ0v) is 12.5. The van der Waals surface area contributed by atoms with Gasteiger partial charge in [0.1, 0.15) is 0 Å². The Morgan fingerprint density at radius 2 is 2.00 bits per heavy atom. The van der Waals surface area contributed by atoms with Gasteiger partial charge in [0.25, 0.3) is 5.91 Å². The Morgan fingerprint density at radius 1 is 1.24 bits per heavy atom. The lowest BCUT2D eigenvalue weighted by molar-refractivity contribution is 0.102. The van der Waals surface area contributed by atoms with E-state index in [1.165, 1.54) is 12.8 Å². The fourth-order valence-corrected chi connectivity index (χ4v) is 2.02. The third kappa shape index (κ3) is 4.31. The molecule has 1 heterocycles. The van der Waals surface area contributed by atoms with Crippen LogP contribution in [0.1, 0.15) is 30.1 Å². The van der Waals surface area contributed by atoms with Crippen molar-refractivity contribution in [2.45, 2.75) is 19.8 Å². The van der Waals surface area contributed by atoms with Crippen molar-refractivity contribution in [2.75, 3.05) is 23.8 Å². The number of pyridine rings is 1. The van der Waals surface area contributed by atoms with E-state index >= 15 is 0 Å². The van der Waals surface area contributed by atoms with Gasteiger partial charge >= 0.3 is 0 Å². The molecule has 0 aliphatic carbocycles. The van der Waals surface area contributed by atoms with Gasteiger partial charge in [0.15, 0.2) is 0 Å². The number of hydrogen-bond donors (Lipinski definition) is 1. The van der Waals surface area contributed by atoms with Crippen molar-refractivity contribution in [3.05, 3.63) is 54.4 Å². The summed E-state index contributed by atoms with van der Waals surface area (Å²) in [6, 6.07) is 11.4. The van der Waals surface area contributed by atoms with E-state index in [2.05, 4.69) is 29.2 Å². The molecular weight excluding hydrogens is 262 g/mol. The first-order valence-corrected chi connectivity index (χ1v) is 7.23. The van der Waals surface area contributed by atoms with Crippen LogP contribution in [0.25, 0.3) is 0 Å². The van der Waals surface area contributed by atoms with Crippen LogP contribution in [0.3, 0.4) is 0 Å². The predicted molar refractivity (Wildman–Crippen MR) is 86.8 cm³/mol. The lowest BCUT2D eigenvalue weighted by Crippen LogP contribution is -2.18. The summed E-state index contributed by atoms with van der Waals surface area (Å²) in [5.74, 6) is -0.143. The summed E-state index contributed by atoms with van der Waals surface area (Å²) in [6.45, 7) is 3.22. The van der Waals surface area contributed by atoms with Crippen molar-refractivity contribution in [1.82, 2.24) is 4.98 Å². The monoisotopic (exact) mass is 283 g/mol. The van der Waals surface area contributed by atoms with Crippen molar-refractivity contribution in [1.29, 1.82) is 0 Å². The molecule has 0 saturated heterocycles. The highest BCUT2D eigenvalue weighted by atomic mass is 16.1. The van der Waals surface area contributed by atoms with Crippen molar-refractivity contribution in [2.24, 2.45) is 0 Å². The lowest BCUT2D eigenvalue weighted by atomic mass is 10.2. The Labute approximate surface area is 125 Å². The molecule has 4 nitrogen and oxygen atoms in total. The van der Waals surface area contributed by atoms with E-state index < -0.39 is 0 Å². The molecule has 2 aromatic rings. The summed E-state index contributed by atoms with van der Waals surface area (Å²) in [5, 5.41) is 2.87. The fraction of sp³-hybridized carbons (Fsp3) is 0.294. The molecule has 0 bridgehead atoms. The number of anilines is 2. The number of carbonyl (C=O) groups excluding carboxylic acids is 1. The number of aromatic nitrogens is 1. The molecule has 1 aromatic heterocycles. The highest BCUT2D eigenvalue weighted by molar-refractivity contribution is 6.04. The van der Waals surface area contributed by atoms with E-state index in [-0.39, 0.29) is 5.91 Å². The molecule has 0 spiro atoms. The van der Waals surface area contributed by atoms with Gasteiger partial charge in [-0.1, -0.05) is 13.3 Å². The first-order valence-electron chi connectivity index (χ1n) is 7.23. The van der Waals surface area contributed by atoms with Gasteiger partial charge in [-0.25, -0.2) is 0 Å². The zero-order chi connectivity index (χ0) is 15.1. The molecule has 21 heavy (non-hydrogen) atoms. The number of unbranched alkanes of at least 4 members (excludes halogenated alkanes) is 1. The van der Waals surface area contributed by atoms with E-state index in [0.717, 1.165) is 17.9 Å². The first kappa shape index (κ1) is 15.0. The van der Waals surface area contributed by atoms with Gasteiger partial charge in [-0.2, -0.15) is 0 Å². The molecule has 0 radical (unpaired) electrons. The average Bonchev–Trinajstić information content (AvgIpc) is 2.54. The lowest BCUT2D eigenvalue weighted by Gasteiger charge is -2.19. The highest BCUT2D eigenvalue weighted by Crippen LogP contribution is 2.17. The maximum absolute atomic E-state index is 12.0. The van der Waals surface area contributed by atoms with Crippen LogP contribution in [0, 0.1) is 0 Å². The molecular formula is C17H21N3O. The summed E-state index contributed by atoms with van der Waals surface area (Å²) in [7, 11) is 2.08. The maximum Gasteiger partial charge on any atom is 0.257 e. The van der Waals surface area contributed by atoms with Gasteiger partial charge in [0.05, 0.1) is 5.56 Å². The van der Waals surface area contributed by atoms with Crippen LogP contribution in [0.15, 0.2) is 48.8 Å². The molecule has 0 aliphatic rings. The standard InChI is InChI=1S/C17H21N3O/c1-3-4-12-20(2)16-9-7-15(8-10-16)19-17(21)14-6-5-11-18-13-14/h5-11,13H,3-4,12H2,1-2H3,(H,19,21). The molecule has 1 N–H and O–H groups in total. The number of amides is 1. The van der Waals surface area contributed by atoms with Crippen LogP contribution in [0.5, 0.6) is 0 Å². The van der Waals surface area contributed by atoms with E-state index in [9.17, 15) is 4.79 Å². The Morgan fingerprint density at radius 3 is 2.62 bits per heavy atom. The number of nitrogens with one attached hydrogen (secondary N) is 1. The van der Waals surface area contributed by atoms with Crippen molar-refractivity contribution in [3.63, 3.8) is 0 Å². The third-order valence-corrected chi connectivity index (χ3v) is 3.34. The summed E-state index contributed by atoms with van der Waals surface area (Å²) in [6.07, 6.45) is 5.57. The van der Waals surface area contributed by atoms with Crippen LogP contribution < -0.4 is 10.2 Å². The van der Waals surface area contributed by atoms with Crippen molar-refractivity contribution in [3.8, 4) is 0 Å². The topological polar surface area (TPSA) is 45.2 Å². The Balaban J connectivity index is 1.98. The maximum atomic E-state index is 12.0. The van der Waals surface area contributed by atoms with Crippen LogP contribution in [-0.4, -0.2) is 24.5 Å². The number of rotatable bonds is 6. The zero-order valence-electron chi connectivity index (χ0n) is 12.5. The molecule has 2 rings (SSSR count). The van der Waals surface area contributed by atoms with Gasteiger partial charge in [-0.3, -0.25) is 9.78 Å². The highest BCUT2D eigenvalue weighted by Gasteiger charge is 2.06. The number of carbonyl (C=O) groups is 1. The SMILES string of the molecule is CCCCN(C)c1ccc(NC(=O)c2cccnc2)cc1. The first-order chi connectivity index (χ1) is 10.2. The smallest absolute Gasteiger partial charge is 0.257 e. The van der Waals surface area contributed by atoms with Gasteiger partial charge < -0.3 is 10.2 Å². The van der Waals surface area contributed by atoms with E-state index in [1.54, 1.807) is 24.5 Å². The minimum Gasteiger partial charge on any atom is -0.375 e. The van der Waals surface area contributed by atoms with Crippen LogP contribution in [0.2, 0.25) is 0 Å². The molecule has 110 valence electrons. The third-order valence-electron chi connectivity index (χ3n) is 3.34. The number of benzene rings is 1. The molecule has 0 atom stereocenters. The molecule has 4 heteroatoms. The van der Waals surface area contributed by atoms with Gasteiger partial charge in [0.2, 0.25) is 0 Å². The summed E-state index contributed by atoms with van der Waals surface area (Å²) in [5.41, 5.74) is 2.50. The second kappa shape index (κ2) is 7.43. The van der Waals surface area contributed by atoms with Crippen molar-refractivity contribution < 1.29 is 4.79 Å². The van der Waals surface area contributed by atoms with E-state index in [4.69, 9.17) is 0 Å². The molecule has 0 fully saturated rings. The van der Waals surface area contributed by atoms with Crippen LogP contribution in [0.4, 0.5) is 11.4 Å². The summed E-state index contributed by atoms with van der Waals surface area (Å²) >= 11 is 0. The van der Waals surface area contributed by atoms with Gasteiger partial charge in [0, 0.05) is 37.4 Å². The Kier molecular flexibility index (Phi) is 5.32. The molecule has 0 saturated carbocycles. The summed E-state index contributed by atoms with van der Waals surface area (Å²) < 4.78 is 0. The van der Waals surface area contributed by atoms with Crippen molar-refractivity contribution >= 4 is 17.3 Å². The molecule has 0 aliphatic heterocycles. The molecule has 1 aromatic carbocycles. The Bertz CT molecular complexity index is 566. The average molecular weight is 283 g/mol. The quantitative estimate of drug-likeness (QED) is 0.881. The minimum atomic E-state index is -0.143. The second-order valence-electron chi connectivity index (χ2n) is 5.02. The fourth-order valence-electron chi connectivity index (χ4n) is 2.02. The predicted octanol–water partition coefficient (Wildman–Crippen LogP) is 3.57. The van der Waals surface area contributed by atoms with Gasteiger partial charge in [-0.15, -0.1) is 0 Å². The second-order valence-corrected chi connectivity index (χ2v) is 5.02.